The van der Waals surface area contributed by atoms with E-state index in [9.17, 15) is 0 Å². The highest BCUT2D eigenvalue weighted by Crippen LogP contribution is 2.34. The van der Waals surface area contributed by atoms with E-state index in [1.807, 2.05) is 0 Å². The highest BCUT2D eigenvalue weighted by molar-refractivity contribution is 4.89. The van der Waals surface area contributed by atoms with E-state index in [-0.39, 0.29) is 5.60 Å². The van der Waals surface area contributed by atoms with E-state index >= 15 is 0 Å². The molecule has 1 saturated carbocycles. The summed E-state index contributed by atoms with van der Waals surface area (Å²) >= 11 is 0. The van der Waals surface area contributed by atoms with Crippen LogP contribution in [0, 0.1) is 0 Å². The van der Waals surface area contributed by atoms with Crippen molar-refractivity contribution in [2.75, 3.05) is 13.1 Å². The molecule has 1 N–H and O–H groups in total. The molecule has 1 atom stereocenters. The van der Waals surface area contributed by atoms with Gasteiger partial charge >= 0.3 is 0 Å². The molecule has 1 fully saturated rings. The van der Waals surface area contributed by atoms with Crippen molar-refractivity contribution in [1.82, 2.24) is 5.32 Å². The lowest BCUT2D eigenvalue weighted by molar-refractivity contribution is -0.0822. The van der Waals surface area contributed by atoms with Crippen LogP contribution in [0.4, 0.5) is 0 Å². The number of ether oxygens (including phenoxy) is 1. The van der Waals surface area contributed by atoms with Crippen LogP contribution in [0.15, 0.2) is 0 Å². The molecule has 2 heteroatoms. The Morgan fingerprint density at radius 1 is 1.27 bits per heavy atom. The summed E-state index contributed by atoms with van der Waals surface area (Å²) in [6.07, 6.45) is 7.90. The summed E-state index contributed by atoms with van der Waals surface area (Å²) in [4.78, 5) is 0. The Morgan fingerprint density at radius 2 is 1.93 bits per heavy atom. The molecule has 0 aromatic heterocycles. The lowest BCUT2D eigenvalue weighted by Crippen LogP contribution is -2.43. The molecule has 0 radical (unpaired) electrons. The van der Waals surface area contributed by atoms with Crippen LogP contribution in [-0.2, 0) is 4.74 Å². The second kappa shape index (κ2) is 6.49. The van der Waals surface area contributed by atoms with E-state index in [0.717, 1.165) is 19.5 Å². The van der Waals surface area contributed by atoms with Crippen LogP contribution in [-0.4, -0.2) is 24.8 Å². The van der Waals surface area contributed by atoms with Gasteiger partial charge < -0.3 is 10.1 Å². The first-order valence-corrected chi connectivity index (χ1v) is 6.61. The summed E-state index contributed by atoms with van der Waals surface area (Å²) in [7, 11) is 0. The fraction of sp³-hybridized carbons (Fsp3) is 1.00. The first-order chi connectivity index (χ1) is 7.22. The Bertz CT molecular complexity index is 164. The van der Waals surface area contributed by atoms with Gasteiger partial charge in [-0.2, -0.15) is 0 Å². The lowest BCUT2D eigenvalue weighted by Gasteiger charge is -2.32. The third-order valence-electron chi connectivity index (χ3n) is 3.41. The molecule has 90 valence electrons. The highest BCUT2D eigenvalue weighted by atomic mass is 16.5. The van der Waals surface area contributed by atoms with Crippen molar-refractivity contribution in [3.8, 4) is 0 Å². The van der Waals surface area contributed by atoms with Gasteiger partial charge in [-0.05, 0) is 39.2 Å². The summed E-state index contributed by atoms with van der Waals surface area (Å²) in [6.45, 7) is 8.77. The SMILES string of the molecule is CCCNCC1(OC(C)CC)CCCC1. The topological polar surface area (TPSA) is 21.3 Å². The second-order valence-electron chi connectivity index (χ2n) is 4.90. The molecule has 0 bridgehead atoms. The predicted molar refractivity (Wildman–Crippen MR) is 65.2 cm³/mol. The van der Waals surface area contributed by atoms with Gasteiger partial charge in [0.25, 0.3) is 0 Å². The molecule has 0 saturated heterocycles. The first-order valence-electron chi connectivity index (χ1n) is 6.61. The van der Waals surface area contributed by atoms with Crippen molar-refractivity contribution >= 4 is 0 Å². The Kier molecular flexibility index (Phi) is 5.62. The number of nitrogens with one attached hydrogen (secondary N) is 1. The maximum atomic E-state index is 6.23. The normalized spacial score (nSPS) is 21.8. The standard InChI is InChI=1S/C13H27NO/c1-4-10-14-11-13(8-6-7-9-13)15-12(3)5-2/h12,14H,4-11H2,1-3H3. The Balaban J connectivity index is 2.39. The average Bonchev–Trinajstić information content (AvgIpc) is 2.67. The quantitative estimate of drug-likeness (QED) is 0.656. The summed E-state index contributed by atoms with van der Waals surface area (Å²) in [6, 6.07) is 0. The van der Waals surface area contributed by atoms with Crippen molar-refractivity contribution in [1.29, 1.82) is 0 Å². The largest absolute Gasteiger partial charge is 0.371 e. The van der Waals surface area contributed by atoms with Gasteiger partial charge in [0.15, 0.2) is 0 Å². The van der Waals surface area contributed by atoms with Crippen LogP contribution in [0.1, 0.15) is 59.3 Å². The molecule has 0 aliphatic heterocycles. The number of rotatable bonds is 7. The molecule has 0 spiro atoms. The molecule has 15 heavy (non-hydrogen) atoms. The molecule has 1 rings (SSSR count). The van der Waals surface area contributed by atoms with Crippen molar-refractivity contribution in [3.05, 3.63) is 0 Å². The molecule has 0 aromatic rings. The third-order valence-corrected chi connectivity index (χ3v) is 3.41. The summed E-state index contributed by atoms with van der Waals surface area (Å²) < 4.78 is 6.23. The summed E-state index contributed by atoms with van der Waals surface area (Å²) in [5, 5.41) is 3.52. The van der Waals surface area contributed by atoms with Crippen LogP contribution >= 0.6 is 0 Å². The smallest absolute Gasteiger partial charge is 0.0809 e. The number of hydrogen-bond donors (Lipinski definition) is 1. The van der Waals surface area contributed by atoms with E-state index in [4.69, 9.17) is 4.74 Å². The zero-order valence-corrected chi connectivity index (χ0v) is 10.6. The first kappa shape index (κ1) is 13.0. The van der Waals surface area contributed by atoms with E-state index in [1.54, 1.807) is 0 Å². The van der Waals surface area contributed by atoms with Crippen LogP contribution in [0.25, 0.3) is 0 Å². The van der Waals surface area contributed by atoms with Crippen LogP contribution < -0.4 is 5.32 Å². The zero-order chi connectivity index (χ0) is 11.1. The van der Waals surface area contributed by atoms with Gasteiger partial charge in [0.1, 0.15) is 0 Å². The molecule has 0 heterocycles. The van der Waals surface area contributed by atoms with Gasteiger partial charge in [0.05, 0.1) is 11.7 Å². The Hall–Kier alpha value is -0.0800. The molecular formula is C13H27NO. The fourth-order valence-electron chi connectivity index (χ4n) is 2.36. The average molecular weight is 213 g/mol. The van der Waals surface area contributed by atoms with Crippen molar-refractivity contribution in [2.45, 2.75) is 71.0 Å². The maximum absolute atomic E-state index is 6.23. The van der Waals surface area contributed by atoms with Gasteiger partial charge in [-0.15, -0.1) is 0 Å². The van der Waals surface area contributed by atoms with Crippen LogP contribution in [0.2, 0.25) is 0 Å². The van der Waals surface area contributed by atoms with E-state index in [1.165, 1.54) is 32.1 Å². The van der Waals surface area contributed by atoms with Crippen molar-refractivity contribution in [2.24, 2.45) is 0 Å². The van der Waals surface area contributed by atoms with Gasteiger partial charge in [-0.3, -0.25) is 0 Å². The Labute approximate surface area is 94.8 Å². The molecule has 1 aliphatic rings. The van der Waals surface area contributed by atoms with Crippen LogP contribution in [0.5, 0.6) is 0 Å². The molecule has 0 amide bonds. The van der Waals surface area contributed by atoms with E-state index < -0.39 is 0 Å². The highest BCUT2D eigenvalue weighted by Gasteiger charge is 2.35. The third kappa shape index (κ3) is 4.12. The van der Waals surface area contributed by atoms with E-state index in [2.05, 4.69) is 26.1 Å². The zero-order valence-electron chi connectivity index (χ0n) is 10.6. The van der Waals surface area contributed by atoms with Crippen molar-refractivity contribution in [3.63, 3.8) is 0 Å². The van der Waals surface area contributed by atoms with Gasteiger partial charge in [-0.25, -0.2) is 0 Å². The Morgan fingerprint density at radius 3 is 2.47 bits per heavy atom. The van der Waals surface area contributed by atoms with Gasteiger partial charge in [-0.1, -0.05) is 26.7 Å². The van der Waals surface area contributed by atoms with Crippen LogP contribution in [0.3, 0.4) is 0 Å². The van der Waals surface area contributed by atoms with Crippen molar-refractivity contribution < 1.29 is 4.74 Å². The molecule has 1 aliphatic carbocycles. The minimum atomic E-state index is 0.157. The molecule has 1 unspecified atom stereocenters. The molecule has 0 aromatic carbocycles. The number of hydrogen-bond acceptors (Lipinski definition) is 2. The predicted octanol–water partition coefficient (Wildman–Crippen LogP) is 3.11. The van der Waals surface area contributed by atoms with E-state index in [0.29, 0.717) is 6.10 Å². The minimum Gasteiger partial charge on any atom is -0.371 e. The fourth-order valence-corrected chi connectivity index (χ4v) is 2.36. The molecular weight excluding hydrogens is 186 g/mol. The second-order valence-corrected chi connectivity index (χ2v) is 4.90. The minimum absolute atomic E-state index is 0.157. The summed E-state index contributed by atoms with van der Waals surface area (Å²) in [5.41, 5.74) is 0.157. The lowest BCUT2D eigenvalue weighted by atomic mass is 10.0. The maximum Gasteiger partial charge on any atom is 0.0809 e. The van der Waals surface area contributed by atoms with Gasteiger partial charge in [0, 0.05) is 6.54 Å². The summed E-state index contributed by atoms with van der Waals surface area (Å²) in [5.74, 6) is 0. The molecule has 2 nitrogen and oxygen atoms in total. The van der Waals surface area contributed by atoms with Gasteiger partial charge in [0.2, 0.25) is 0 Å². The monoisotopic (exact) mass is 213 g/mol.